The van der Waals surface area contributed by atoms with Gasteiger partial charge < -0.3 is 15.8 Å². The average molecular weight is 184 g/mol. The van der Waals surface area contributed by atoms with Gasteiger partial charge in [0.15, 0.2) is 5.82 Å². The molecule has 0 fully saturated rings. The van der Waals surface area contributed by atoms with Gasteiger partial charge in [0.05, 0.1) is 6.07 Å². The molecular weight excluding hydrogens is 172 g/mol. The second kappa shape index (κ2) is 3.88. The topological polar surface area (TPSA) is 87.0 Å². The molecule has 0 atom stereocenters. The zero-order valence-corrected chi connectivity index (χ0v) is 7.43. The zero-order valence-electron chi connectivity index (χ0n) is 7.43. The monoisotopic (exact) mass is 184 g/mol. The van der Waals surface area contributed by atoms with E-state index in [1.165, 1.54) is 10.7 Å². The van der Waals surface area contributed by atoms with Crippen molar-refractivity contribution in [3.63, 3.8) is 0 Å². The van der Waals surface area contributed by atoms with Gasteiger partial charge in [-0.3, -0.25) is 0 Å². The molecule has 0 saturated carbocycles. The highest BCUT2D eigenvalue weighted by Gasteiger charge is 2.15. The van der Waals surface area contributed by atoms with Crippen LogP contribution in [-0.4, -0.2) is 14.7 Å². The molecule has 0 amide bonds. The van der Waals surface area contributed by atoms with Crippen LogP contribution in [0.2, 0.25) is 0 Å². The van der Waals surface area contributed by atoms with Crippen LogP contribution in [0.3, 0.4) is 0 Å². The van der Waals surface area contributed by atoms with E-state index in [1.54, 1.807) is 0 Å². The lowest BCUT2D eigenvalue weighted by Gasteiger charge is -1.96. The van der Waals surface area contributed by atoms with Crippen LogP contribution in [0.25, 0.3) is 0 Å². The van der Waals surface area contributed by atoms with Gasteiger partial charge >= 0.3 is 5.82 Å². The molecule has 6 nitrogen and oxygen atoms in total. The molecule has 2 N–H and O–H groups in total. The normalized spacial score (nSPS) is 10.2. The maximum atomic E-state index is 10.5. The van der Waals surface area contributed by atoms with Crippen molar-refractivity contribution in [3.8, 4) is 0 Å². The standard InChI is InChI=1S/C7H12N4O2/c1-2-3-4-10-7(11(12)13)5-6(8)9-10/h5H,2-4H2,1H3,(H2,8,9). The molecule has 6 heteroatoms. The molecule has 13 heavy (non-hydrogen) atoms. The van der Waals surface area contributed by atoms with Gasteiger partial charge in [-0.25, -0.2) is 0 Å². The quantitative estimate of drug-likeness (QED) is 0.562. The van der Waals surface area contributed by atoms with Crippen molar-refractivity contribution in [1.82, 2.24) is 9.78 Å². The van der Waals surface area contributed by atoms with Crippen molar-refractivity contribution in [2.75, 3.05) is 5.73 Å². The first-order valence-corrected chi connectivity index (χ1v) is 4.13. The van der Waals surface area contributed by atoms with E-state index in [0.29, 0.717) is 6.54 Å². The van der Waals surface area contributed by atoms with Crippen LogP contribution in [0.1, 0.15) is 19.8 Å². The first-order valence-electron chi connectivity index (χ1n) is 4.13. The number of nitro groups is 1. The Morgan fingerprint density at radius 2 is 2.46 bits per heavy atom. The summed E-state index contributed by atoms with van der Waals surface area (Å²) in [7, 11) is 0. The summed E-state index contributed by atoms with van der Waals surface area (Å²) in [5.41, 5.74) is 5.35. The van der Waals surface area contributed by atoms with Gasteiger partial charge in [-0.05, 0) is 11.3 Å². The second-order valence-corrected chi connectivity index (χ2v) is 2.76. The Kier molecular flexibility index (Phi) is 2.84. The lowest BCUT2D eigenvalue weighted by atomic mass is 10.3. The molecule has 0 radical (unpaired) electrons. The third-order valence-electron chi connectivity index (χ3n) is 1.69. The van der Waals surface area contributed by atoms with Gasteiger partial charge in [0.2, 0.25) is 0 Å². The summed E-state index contributed by atoms with van der Waals surface area (Å²) >= 11 is 0. The van der Waals surface area contributed by atoms with Gasteiger partial charge in [0.25, 0.3) is 0 Å². The Balaban J connectivity index is 2.84. The maximum Gasteiger partial charge on any atom is 0.347 e. The molecule has 0 bridgehead atoms. The van der Waals surface area contributed by atoms with Crippen molar-refractivity contribution in [2.24, 2.45) is 0 Å². The van der Waals surface area contributed by atoms with E-state index in [4.69, 9.17) is 5.73 Å². The maximum absolute atomic E-state index is 10.5. The number of nitrogens with zero attached hydrogens (tertiary/aromatic N) is 3. The minimum absolute atomic E-state index is 0.0362. The summed E-state index contributed by atoms with van der Waals surface area (Å²) in [5.74, 6) is 0.161. The molecule has 1 aromatic rings. The molecular formula is C7H12N4O2. The molecule has 1 rings (SSSR count). The van der Waals surface area contributed by atoms with Crippen LogP contribution in [0.5, 0.6) is 0 Å². The van der Waals surface area contributed by atoms with Gasteiger partial charge in [-0.15, -0.1) is 4.68 Å². The first-order chi connectivity index (χ1) is 6.15. The Morgan fingerprint density at radius 3 is 3.00 bits per heavy atom. The summed E-state index contributed by atoms with van der Waals surface area (Å²) in [4.78, 5) is 10.0. The summed E-state index contributed by atoms with van der Waals surface area (Å²) in [6.45, 7) is 2.56. The van der Waals surface area contributed by atoms with Crippen molar-refractivity contribution < 1.29 is 4.92 Å². The smallest absolute Gasteiger partial charge is 0.347 e. The summed E-state index contributed by atoms with van der Waals surface area (Å²) < 4.78 is 1.33. The number of nitrogen functional groups attached to an aromatic ring is 1. The van der Waals surface area contributed by atoms with Crippen molar-refractivity contribution in [3.05, 3.63) is 16.2 Å². The number of hydrogen-bond acceptors (Lipinski definition) is 4. The molecule has 0 unspecified atom stereocenters. The Morgan fingerprint density at radius 1 is 1.77 bits per heavy atom. The molecule has 72 valence electrons. The molecule has 0 aromatic carbocycles. The SMILES string of the molecule is CCCCn1nc(N)cc1[N+](=O)[O-]. The fourth-order valence-corrected chi connectivity index (χ4v) is 1.05. The fourth-order valence-electron chi connectivity index (χ4n) is 1.05. The molecule has 1 heterocycles. The highest BCUT2D eigenvalue weighted by molar-refractivity contribution is 5.36. The van der Waals surface area contributed by atoms with E-state index in [0.717, 1.165) is 12.8 Å². The first kappa shape index (κ1) is 9.50. The molecule has 0 aliphatic rings. The molecule has 0 aliphatic carbocycles. The van der Waals surface area contributed by atoms with E-state index in [-0.39, 0.29) is 11.6 Å². The van der Waals surface area contributed by atoms with Gasteiger partial charge in [0, 0.05) is 0 Å². The van der Waals surface area contributed by atoms with Gasteiger partial charge in [0.1, 0.15) is 6.54 Å². The molecule has 1 aromatic heterocycles. The number of nitrogens with two attached hydrogens (primary N) is 1. The van der Waals surface area contributed by atoms with Crippen LogP contribution in [0, 0.1) is 10.1 Å². The van der Waals surface area contributed by atoms with E-state index in [2.05, 4.69) is 5.10 Å². The molecule has 0 aliphatic heterocycles. The second-order valence-electron chi connectivity index (χ2n) is 2.76. The number of aryl methyl sites for hydroxylation is 1. The lowest BCUT2D eigenvalue weighted by molar-refractivity contribution is -0.392. The third-order valence-corrected chi connectivity index (χ3v) is 1.69. The van der Waals surface area contributed by atoms with Crippen molar-refractivity contribution >= 4 is 11.6 Å². The number of unbranched alkanes of at least 4 members (excludes halogenated alkanes) is 1. The third kappa shape index (κ3) is 2.17. The number of rotatable bonds is 4. The molecule has 0 spiro atoms. The van der Waals surface area contributed by atoms with E-state index < -0.39 is 4.92 Å². The predicted molar refractivity (Wildman–Crippen MR) is 48.2 cm³/mol. The van der Waals surface area contributed by atoms with E-state index in [9.17, 15) is 10.1 Å². The minimum Gasteiger partial charge on any atom is -0.380 e. The predicted octanol–water partition coefficient (Wildman–Crippen LogP) is 1.17. The van der Waals surface area contributed by atoms with Crippen molar-refractivity contribution in [2.45, 2.75) is 26.3 Å². The van der Waals surface area contributed by atoms with Crippen LogP contribution < -0.4 is 5.73 Å². The Labute approximate surface area is 75.5 Å². The molecule has 0 saturated heterocycles. The van der Waals surface area contributed by atoms with Crippen molar-refractivity contribution in [1.29, 1.82) is 0 Å². The van der Waals surface area contributed by atoms with Crippen LogP contribution in [0.15, 0.2) is 6.07 Å². The number of hydrogen-bond donors (Lipinski definition) is 1. The highest BCUT2D eigenvalue weighted by atomic mass is 16.6. The van der Waals surface area contributed by atoms with Crippen LogP contribution >= 0.6 is 0 Å². The Hall–Kier alpha value is -1.59. The lowest BCUT2D eigenvalue weighted by Crippen LogP contribution is -2.04. The number of aromatic nitrogens is 2. The van der Waals surface area contributed by atoms with Crippen LogP contribution in [0.4, 0.5) is 11.6 Å². The zero-order chi connectivity index (χ0) is 9.84. The van der Waals surface area contributed by atoms with E-state index >= 15 is 0 Å². The summed E-state index contributed by atoms with van der Waals surface area (Å²) in [6.07, 6.45) is 1.83. The largest absolute Gasteiger partial charge is 0.380 e. The minimum atomic E-state index is -0.473. The van der Waals surface area contributed by atoms with Gasteiger partial charge in [-0.2, -0.15) is 0 Å². The summed E-state index contributed by atoms with van der Waals surface area (Å²) in [6, 6.07) is 1.27. The van der Waals surface area contributed by atoms with Crippen LogP contribution in [-0.2, 0) is 6.54 Å². The fraction of sp³-hybridized carbons (Fsp3) is 0.571. The number of anilines is 1. The highest BCUT2D eigenvalue weighted by Crippen LogP contribution is 2.15. The average Bonchev–Trinajstić information content (AvgIpc) is 2.43. The Bertz CT molecular complexity index is 307. The summed E-state index contributed by atoms with van der Waals surface area (Å²) in [5, 5.41) is 14.3. The van der Waals surface area contributed by atoms with E-state index in [1.807, 2.05) is 6.92 Å². The van der Waals surface area contributed by atoms with Gasteiger partial charge in [-0.1, -0.05) is 18.4 Å².